The fourth-order valence-corrected chi connectivity index (χ4v) is 3.34. The molecular formula is C22H27NO6. The number of hydrogen-bond donors (Lipinski definition) is 1. The standard InChI is InChI=1S/C22H27NO6/c1-22(2)12-19(18-7-6-14(25-3)11-20(18)29-22)23-21(24)13-28-17-9-15(26-4)8-16(10-17)27-5/h6-11,19H,12-13H2,1-5H3,(H,23,24)/t19-/m0/s1. The van der Waals surface area contributed by atoms with Crippen molar-refractivity contribution in [2.75, 3.05) is 27.9 Å². The number of amides is 1. The average Bonchev–Trinajstić information content (AvgIpc) is 2.70. The van der Waals surface area contributed by atoms with E-state index in [0.29, 0.717) is 35.2 Å². The fourth-order valence-electron chi connectivity index (χ4n) is 3.34. The number of methoxy groups -OCH3 is 3. The van der Waals surface area contributed by atoms with Gasteiger partial charge in [0.2, 0.25) is 0 Å². The number of carbonyl (C=O) groups is 1. The van der Waals surface area contributed by atoms with Crippen LogP contribution in [0.4, 0.5) is 0 Å². The molecule has 0 spiro atoms. The number of benzene rings is 2. The van der Waals surface area contributed by atoms with Crippen LogP contribution in [0.15, 0.2) is 36.4 Å². The highest BCUT2D eigenvalue weighted by molar-refractivity contribution is 5.78. The lowest BCUT2D eigenvalue weighted by atomic mass is 9.89. The second kappa shape index (κ2) is 8.51. The second-order valence-electron chi connectivity index (χ2n) is 7.43. The Morgan fingerprint density at radius 2 is 1.62 bits per heavy atom. The summed E-state index contributed by atoms with van der Waals surface area (Å²) in [6.07, 6.45) is 0.644. The van der Waals surface area contributed by atoms with Gasteiger partial charge in [-0.15, -0.1) is 0 Å². The number of fused-ring (bicyclic) bond motifs is 1. The predicted molar refractivity (Wildman–Crippen MR) is 108 cm³/mol. The van der Waals surface area contributed by atoms with E-state index in [9.17, 15) is 4.79 Å². The van der Waals surface area contributed by atoms with Crippen molar-refractivity contribution in [3.63, 3.8) is 0 Å². The molecule has 0 bridgehead atoms. The third kappa shape index (κ3) is 5.04. The first-order valence-corrected chi connectivity index (χ1v) is 9.36. The summed E-state index contributed by atoms with van der Waals surface area (Å²) < 4.78 is 27.4. The number of hydrogen-bond acceptors (Lipinski definition) is 6. The van der Waals surface area contributed by atoms with Crippen LogP contribution >= 0.6 is 0 Å². The largest absolute Gasteiger partial charge is 0.497 e. The molecule has 29 heavy (non-hydrogen) atoms. The Kier molecular flexibility index (Phi) is 6.06. The molecule has 1 N–H and O–H groups in total. The van der Waals surface area contributed by atoms with Crippen molar-refractivity contribution in [2.24, 2.45) is 0 Å². The SMILES string of the molecule is COc1cc(OC)cc(OCC(=O)N[C@H]2CC(C)(C)Oc3cc(OC)ccc32)c1. The van der Waals surface area contributed by atoms with Crippen LogP contribution in [-0.4, -0.2) is 39.4 Å². The van der Waals surface area contributed by atoms with Crippen LogP contribution in [0.1, 0.15) is 31.9 Å². The van der Waals surface area contributed by atoms with Gasteiger partial charge >= 0.3 is 0 Å². The Bertz CT molecular complexity index is 857. The average molecular weight is 401 g/mol. The van der Waals surface area contributed by atoms with Crippen molar-refractivity contribution >= 4 is 5.91 Å². The molecule has 156 valence electrons. The molecule has 1 amide bonds. The smallest absolute Gasteiger partial charge is 0.258 e. The molecule has 0 radical (unpaired) electrons. The maximum atomic E-state index is 12.6. The van der Waals surface area contributed by atoms with Crippen LogP contribution in [-0.2, 0) is 4.79 Å². The zero-order chi connectivity index (χ0) is 21.0. The summed E-state index contributed by atoms with van der Waals surface area (Å²) >= 11 is 0. The van der Waals surface area contributed by atoms with Crippen molar-refractivity contribution in [1.29, 1.82) is 0 Å². The van der Waals surface area contributed by atoms with E-state index >= 15 is 0 Å². The predicted octanol–water partition coefficient (Wildman–Crippen LogP) is 3.51. The first-order valence-electron chi connectivity index (χ1n) is 9.36. The Morgan fingerprint density at radius 3 is 2.24 bits per heavy atom. The topological polar surface area (TPSA) is 75.3 Å². The van der Waals surface area contributed by atoms with Crippen LogP contribution in [0.25, 0.3) is 0 Å². The Hall–Kier alpha value is -3.09. The van der Waals surface area contributed by atoms with Gasteiger partial charge in [0, 0.05) is 36.2 Å². The van der Waals surface area contributed by atoms with Crippen LogP contribution in [0.5, 0.6) is 28.7 Å². The monoisotopic (exact) mass is 401 g/mol. The minimum Gasteiger partial charge on any atom is -0.497 e. The van der Waals surface area contributed by atoms with E-state index in [-0.39, 0.29) is 18.6 Å². The molecule has 0 fully saturated rings. The molecule has 3 rings (SSSR count). The highest BCUT2D eigenvalue weighted by atomic mass is 16.5. The van der Waals surface area contributed by atoms with Crippen molar-refractivity contribution < 1.29 is 28.5 Å². The maximum absolute atomic E-state index is 12.6. The van der Waals surface area contributed by atoms with Crippen molar-refractivity contribution in [1.82, 2.24) is 5.32 Å². The van der Waals surface area contributed by atoms with Crippen LogP contribution in [0.2, 0.25) is 0 Å². The van der Waals surface area contributed by atoms with Crippen LogP contribution < -0.4 is 29.0 Å². The van der Waals surface area contributed by atoms with Gasteiger partial charge in [-0.3, -0.25) is 4.79 Å². The van der Waals surface area contributed by atoms with Crippen LogP contribution in [0.3, 0.4) is 0 Å². The van der Waals surface area contributed by atoms with E-state index in [0.717, 1.165) is 5.56 Å². The van der Waals surface area contributed by atoms with Gasteiger partial charge < -0.3 is 29.0 Å². The molecule has 0 aromatic heterocycles. The summed E-state index contributed by atoms with van der Waals surface area (Å²) in [6.45, 7) is 3.86. The van der Waals surface area contributed by atoms with E-state index in [1.54, 1.807) is 39.5 Å². The highest BCUT2D eigenvalue weighted by Gasteiger charge is 2.34. The lowest BCUT2D eigenvalue weighted by Crippen LogP contribution is -2.42. The minimum atomic E-state index is -0.418. The van der Waals surface area contributed by atoms with Gasteiger partial charge in [0.15, 0.2) is 6.61 Å². The zero-order valence-corrected chi connectivity index (χ0v) is 17.4. The molecule has 0 unspecified atom stereocenters. The molecule has 2 aromatic rings. The quantitative estimate of drug-likeness (QED) is 0.765. The number of rotatable bonds is 7. The molecule has 0 saturated carbocycles. The number of nitrogens with one attached hydrogen (secondary N) is 1. The van der Waals surface area contributed by atoms with E-state index in [1.807, 2.05) is 32.0 Å². The molecule has 0 saturated heterocycles. The van der Waals surface area contributed by atoms with Gasteiger partial charge in [0.1, 0.15) is 34.3 Å². The number of ether oxygens (including phenoxy) is 5. The van der Waals surface area contributed by atoms with E-state index in [2.05, 4.69) is 5.32 Å². The highest BCUT2D eigenvalue weighted by Crippen LogP contribution is 2.41. The molecule has 2 aromatic carbocycles. The zero-order valence-electron chi connectivity index (χ0n) is 17.4. The van der Waals surface area contributed by atoms with Gasteiger partial charge in [0.25, 0.3) is 5.91 Å². The summed E-state index contributed by atoms with van der Waals surface area (Å²) in [5.41, 5.74) is 0.500. The first-order chi connectivity index (χ1) is 13.8. The van der Waals surface area contributed by atoms with Crippen LogP contribution in [0, 0.1) is 0 Å². The number of carbonyl (C=O) groups excluding carboxylic acids is 1. The Morgan fingerprint density at radius 1 is 1.00 bits per heavy atom. The lowest BCUT2D eigenvalue weighted by molar-refractivity contribution is -0.124. The van der Waals surface area contributed by atoms with Gasteiger partial charge in [-0.25, -0.2) is 0 Å². The summed E-state index contributed by atoms with van der Waals surface area (Å²) in [4.78, 5) is 12.6. The second-order valence-corrected chi connectivity index (χ2v) is 7.43. The molecule has 0 aliphatic carbocycles. The summed E-state index contributed by atoms with van der Waals surface area (Å²) in [5, 5.41) is 3.05. The molecule has 7 nitrogen and oxygen atoms in total. The molecular weight excluding hydrogens is 374 g/mol. The van der Waals surface area contributed by atoms with Crippen molar-refractivity contribution in [3.05, 3.63) is 42.0 Å². The molecule has 7 heteroatoms. The fraction of sp³-hybridized carbons (Fsp3) is 0.409. The third-order valence-electron chi connectivity index (χ3n) is 4.71. The molecule has 1 heterocycles. The summed E-state index contributed by atoms with van der Waals surface area (Å²) in [5.74, 6) is 2.87. The Balaban J connectivity index is 1.69. The minimum absolute atomic E-state index is 0.125. The normalized spacial score (nSPS) is 16.8. The summed E-state index contributed by atoms with van der Waals surface area (Å²) in [6, 6.07) is 10.6. The van der Waals surface area contributed by atoms with Gasteiger partial charge in [-0.05, 0) is 26.0 Å². The molecule has 1 atom stereocenters. The van der Waals surface area contributed by atoms with Gasteiger partial charge in [0.05, 0.1) is 27.4 Å². The lowest BCUT2D eigenvalue weighted by Gasteiger charge is -2.38. The summed E-state index contributed by atoms with van der Waals surface area (Å²) in [7, 11) is 4.73. The van der Waals surface area contributed by atoms with Gasteiger partial charge in [-0.1, -0.05) is 0 Å². The Labute approximate surface area is 170 Å². The van der Waals surface area contributed by atoms with E-state index in [1.165, 1.54) is 0 Å². The van der Waals surface area contributed by atoms with Crippen molar-refractivity contribution in [3.8, 4) is 28.7 Å². The first kappa shape index (κ1) is 20.6. The van der Waals surface area contributed by atoms with E-state index in [4.69, 9.17) is 23.7 Å². The van der Waals surface area contributed by atoms with Crippen molar-refractivity contribution in [2.45, 2.75) is 31.9 Å². The third-order valence-corrected chi connectivity index (χ3v) is 4.71. The molecule has 1 aliphatic rings. The van der Waals surface area contributed by atoms with E-state index < -0.39 is 5.60 Å². The van der Waals surface area contributed by atoms with Gasteiger partial charge in [-0.2, -0.15) is 0 Å². The maximum Gasteiger partial charge on any atom is 0.258 e. The molecule has 1 aliphatic heterocycles.